The van der Waals surface area contributed by atoms with Gasteiger partial charge in [-0.05, 0) is 24.8 Å². The molecule has 2 N–H and O–H groups in total. The van der Waals surface area contributed by atoms with Crippen LogP contribution in [0.3, 0.4) is 0 Å². The highest BCUT2D eigenvalue weighted by Gasteiger charge is 2.29. The molecule has 1 atom stereocenters. The minimum atomic E-state index is 0.271. The number of rotatable bonds is 2. The van der Waals surface area contributed by atoms with E-state index in [4.69, 9.17) is 10.2 Å². The number of furan rings is 1. The van der Waals surface area contributed by atoms with Crippen molar-refractivity contribution in [1.29, 1.82) is 0 Å². The molecule has 0 bridgehead atoms. The van der Waals surface area contributed by atoms with Gasteiger partial charge in [-0.2, -0.15) is 19.5 Å². The van der Waals surface area contributed by atoms with Crippen LogP contribution in [-0.2, 0) is 0 Å². The maximum Gasteiger partial charge on any atom is 0.259 e. The van der Waals surface area contributed by atoms with Crippen molar-refractivity contribution in [2.45, 2.75) is 12.5 Å². The van der Waals surface area contributed by atoms with Gasteiger partial charge in [0.2, 0.25) is 17.7 Å². The molecule has 9 heteroatoms. The molecule has 0 spiro atoms. The second-order valence-corrected chi connectivity index (χ2v) is 5.96. The van der Waals surface area contributed by atoms with Crippen LogP contribution < -0.4 is 10.6 Å². The normalized spacial score (nSPS) is 20.1. The average Bonchev–Trinajstić information content (AvgIpc) is 3.32. The molecule has 5 rings (SSSR count). The molecule has 0 unspecified atom stereocenters. The number of piperazine rings is 1. The lowest BCUT2D eigenvalue weighted by Crippen LogP contribution is -2.49. The molecule has 2 aliphatic rings. The van der Waals surface area contributed by atoms with Crippen LogP contribution in [0.5, 0.6) is 0 Å². The Morgan fingerprint density at radius 3 is 3.04 bits per heavy atom. The summed E-state index contributed by atoms with van der Waals surface area (Å²) in [6.45, 7) is 2.69. The first kappa shape index (κ1) is 13.3. The van der Waals surface area contributed by atoms with Crippen molar-refractivity contribution in [3.63, 3.8) is 0 Å². The largest absolute Gasteiger partial charge is 0.461 e. The van der Waals surface area contributed by atoms with Crippen LogP contribution in [0.4, 0.5) is 11.9 Å². The Labute approximate surface area is 137 Å². The van der Waals surface area contributed by atoms with E-state index >= 15 is 0 Å². The van der Waals surface area contributed by atoms with E-state index in [1.165, 1.54) is 4.52 Å². The molecule has 9 nitrogen and oxygen atoms in total. The second-order valence-electron chi connectivity index (χ2n) is 5.96. The number of nitrogens with two attached hydrogens (primary N) is 1. The molecule has 0 saturated carbocycles. The molecule has 24 heavy (non-hydrogen) atoms. The molecule has 0 amide bonds. The molecular weight excluding hydrogens is 308 g/mol. The van der Waals surface area contributed by atoms with Crippen molar-refractivity contribution in [1.82, 2.24) is 29.5 Å². The van der Waals surface area contributed by atoms with Gasteiger partial charge >= 0.3 is 0 Å². The molecule has 5 heterocycles. The van der Waals surface area contributed by atoms with Gasteiger partial charge in [-0.1, -0.05) is 6.08 Å². The van der Waals surface area contributed by atoms with Gasteiger partial charge < -0.3 is 20.0 Å². The number of hydrogen-bond donors (Lipinski definition) is 1. The molecule has 1 fully saturated rings. The zero-order valence-electron chi connectivity index (χ0n) is 12.9. The highest BCUT2D eigenvalue weighted by atomic mass is 16.3. The van der Waals surface area contributed by atoms with Gasteiger partial charge in [0, 0.05) is 25.7 Å². The fourth-order valence-electron chi connectivity index (χ4n) is 3.26. The van der Waals surface area contributed by atoms with Crippen molar-refractivity contribution in [2.75, 3.05) is 30.3 Å². The van der Waals surface area contributed by atoms with Crippen molar-refractivity contribution in [2.24, 2.45) is 0 Å². The smallest absolute Gasteiger partial charge is 0.259 e. The van der Waals surface area contributed by atoms with Gasteiger partial charge in [-0.25, -0.2) is 0 Å². The molecule has 2 aliphatic heterocycles. The van der Waals surface area contributed by atoms with Crippen LogP contribution in [-0.4, -0.2) is 55.1 Å². The van der Waals surface area contributed by atoms with Crippen molar-refractivity contribution >= 4 is 17.7 Å². The van der Waals surface area contributed by atoms with E-state index in [1.807, 2.05) is 0 Å². The molecule has 1 saturated heterocycles. The van der Waals surface area contributed by atoms with Gasteiger partial charge in [0.25, 0.3) is 5.78 Å². The minimum absolute atomic E-state index is 0.271. The number of hydrogen-bond acceptors (Lipinski definition) is 8. The number of nitrogens with zero attached hydrogens (tertiary/aromatic N) is 7. The SMILES string of the molecule is Nc1nc(N2CCN3C=CC[C@H]3C2)nc2nc(-c3ccco3)nn12. The Hall–Kier alpha value is -3.10. The number of anilines is 2. The summed E-state index contributed by atoms with van der Waals surface area (Å²) in [6, 6.07) is 4.07. The summed E-state index contributed by atoms with van der Waals surface area (Å²) in [5.41, 5.74) is 6.07. The Morgan fingerprint density at radius 1 is 1.21 bits per heavy atom. The third kappa shape index (κ3) is 2.01. The Morgan fingerprint density at radius 2 is 2.17 bits per heavy atom. The van der Waals surface area contributed by atoms with Crippen molar-refractivity contribution in [3.05, 3.63) is 30.7 Å². The number of nitrogen functional groups attached to an aromatic ring is 1. The summed E-state index contributed by atoms with van der Waals surface area (Å²) in [4.78, 5) is 17.9. The molecular formula is C15H16N8O. The highest BCUT2D eigenvalue weighted by molar-refractivity contribution is 5.53. The van der Waals surface area contributed by atoms with Gasteiger partial charge in [0.1, 0.15) is 0 Å². The van der Waals surface area contributed by atoms with Crippen LogP contribution in [0.25, 0.3) is 17.4 Å². The van der Waals surface area contributed by atoms with Crippen LogP contribution in [0.1, 0.15) is 6.42 Å². The van der Waals surface area contributed by atoms with E-state index < -0.39 is 0 Å². The Balaban J connectivity index is 1.51. The predicted molar refractivity (Wildman–Crippen MR) is 87.2 cm³/mol. The van der Waals surface area contributed by atoms with Gasteiger partial charge in [0.05, 0.1) is 6.26 Å². The summed E-state index contributed by atoms with van der Waals surface area (Å²) in [5, 5.41) is 4.32. The lowest BCUT2D eigenvalue weighted by Gasteiger charge is -2.38. The monoisotopic (exact) mass is 324 g/mol. The highest BCUT2D eigenvalue weighted by Crippen LogP contribution is 2.23. The molecule has 122 valence electrons. The average molecular weight is 324 g/mol. The maximum absolute atomic E-state index is 6.07. The zero-order valence-corrected chi connectivity index (χ0v) is 12.9. The molecule has 0 radical (unpaired) electrons. The van der Waals surface area contributed by atoms with Gasteiger partial charge in [-0.3, -0.25) is 0 Å². The Bertz CT molecular complexity index is 915. The summed E-state index contributed by atoms with van der Waals surface area (Å²) < 4.78 is 6.77. The lowest BCUT2D eigenvalue weighted by molar-refractivity contribution is 0.269. The number of fused-ring (bicyclic) bond motifs is 2. The molecule has 0 aliphatic carbocycles. The quantitative estimate of drug-likeness (QED) is 0.737. The first-order valence-corrected chi connectivity index (χ1v) is 7.89. The third-order valence-electron chi connectivity index (χ3n) is 4.48. The summed E-state index contributed by atoms with van der Waals surface area (Å²) in [7, 11) is 0. The van der Waals surface area contributed by atoms with E-state index in [2.05, 4.69) is 42.1 Å². The van der Waals surface area contributed by atoms with Crippen molar-refractivity contribution in [3.8, 4) is 11.6 Å². The van der Waals surface area contributed by atoms with Gasteiger partial charge in [-0.15, -0.1) is 5.10 Å². The minimum Gasteiger partial charge on any atom is -0.461 e. The maximum atomic E-state index is 6.07. The molecule has 3 aromatic heterocycles. The Kier molecular flexibility index (Phi) is 2.75. The predicted octanol–water partition coefficient (Wildman–Crippen LogP) is 0.769. The topological polar surface area (TPSA) is 102 Å². The van der Waals surface area contributed by atoms with E-state index in [0.29, 0.717) is 29.4 Å². The van der Waals surface area contributed by atoms with Crippen LogP contribution in [0.15, 0.2) is 35.1 Å². The zero-order chi connectivity index (χ0) is 16.1. The fraction of sp³-hybridized carbons (Fsp3) is 0.333. The van der Waals surface area contributed by atoms with Gasteiger partial charge in [0.15, 0.2) is 5.76 Å². The van der Waals surface area contributed by atoms with Crippen LogP contribution in [0.2, 0.25) is 0 Å². The first-order valence-electron chi connectivity index (χ1n) is 7.89. The van der Waals surface area contributed by atoms with E-state index in [9.17, 15) is 0 Å². The van der Waals surface area contributed by atoms with Crippen LogP contribution >= 0.6 is 0 Å². The fourth-order valence-corrected chi connectivity index (χ4v) is 3.26. The molecule has 3 aromatic rings. The standard InChI is InChI=1S/C15H16N8O/c16-13-18-14(22-7-6-21-5-1-3-10(21)9-22)19-15-17-12(20-23(13)15)11-4-2-8-24-11/h1-2,4-5,8,10H,3,6-7,9H2,(H2,16,17,18,19,20)/t10-/m0/s1. The van der Waals surface area contributed by atoms with E-state index in [-0.39, 0.29) is 5.95 Å². The summed E-state index contributed by atoms with van der Waals surface area (Å²) in [6.07, 6.45) is 7.02. The second kappa shape index (κ2) is 4.95. The summed E-state index contributed by atoms with van der Waals surface area (Å²) >= 11 is 0. The first-order chi connectivity index (χ1) is 11.8. The van der Waals surface area contributed by atoms with E-state index in [0.717, 1.165) is 26.1 Å². The van der Waals surface area contributed by atoms with Crippen molar-refractivity contribution < 1.29 is 4.42 Å². The van der Waals surface area contributed by atoms with Crippen LogP contribution in [0, 0.1) is 0 Å². The van der Waals surface area contributed by atoms with E-state index in [1.54, 1.807) is 18.4 Å². The summed E-state index contributed by atoms with van der Waals surface area (Å²) in [5.74, 6) is 2.32. The third-order valence-corrected chi connectivity index (χ3v) is 4.48. The lowest BCUT2D eigenvalue weighted by atomic mass is 10.1. The number of aromatic nitrogens is 5. The molecule has 0 aromatic carbocycles.